The summed E-state index contributed by atoms with van der Waals surface area (Å²) in [5.41, 5.74) is 1.89. The molecule has 1 fully saturated rings. The lowest BCUT2D eigenvalue weighted by atomic mass is 10.00. The zero-order chi connectivity index (χ0) is 12.5. The second-order valence-corrected chi connectivity index (χ2v) is 5.83. The summed E-state index contributed by atoms with van der Waals surface area (Å²) < 4.78 is 2.86. The van der Waals surface area contributed by atoms with E-state index in [-0.39, 0.29) is 5.69 Å². The Balaban J connectivity index is 1.97. The molecule has 2 aromatic rings. The van der Waals surface area contributed by atoms with E-state index in [9.17, 15) is 4.79 Å². The first-order valence-electron chi connectivity index (χ1n) is 6.33. The van der Waals surface area contributed by atoms with E-state index in [0.29, 0.717) is 5.92 Å². The lowest BCUT2D eigenvalue weighted by Crippen LogP contribution is -2.34. The number of H-pyrrole nitrogens is 1. The van der Waals surface area contributed by atoms with E-state index in [2.05, 4.69) is 26.2 Å². The van der Waals surface area contributed by atoms with Gasteiger partial charge in [-0.25, -0.2) is 4.79 Å². The quantitative estimate of drug-likeness (QED) is 0.892. The summed E-state index contributed by atoms with van der Waals surface area (Å²) in [6.45, 7) is 2.90. The van der Waals surface area contributed by atoms with Crippen molar-refractivity contribution >= 4 is 27.0 Å². The Bertz CT molecular complexity index is 610. The molecule has 1 atom stereocenters. The maximum atomic E-state index is 12.0. The summed E-state index contributed by atoms with van der Waals surface area (Å²) in [5, 5.41) is 3.39. The van der Waals surface area contributed by atoms with Gasteiger partial charge in [0.25, 0.3) is 0 Å². The molecule has 5 heteroatoms. The molecule has 18 heavy (non-hydrogen) atoms. The first kappa shape index (κ1) is 12.0. The van der Waals surface area contributed by atoms with Crippen molar-refractivity contribution in [3.63, 3.8) is 0 Å². The highest BCUT2D eigenvalue weighted by atomic mass is 79.9. The SMILES string of the molecule is O=c1[nH]c2ccc(Br)cc2n1CC1CCCNC1. The van der Waals surface area contributed by atoms with Gasteiger partial charge in [0.1, 0.15) is 0 Å². The average molecular weight is 310 g/mol. The first-order chi connectivity index (χ1) is 8.74. The van der Waals surface area contributed by atoms with Crippen molar-refractivity contribution in [1.82, 2.24) is 14.9 Å². The Morgan fingerprint density at radius 3 is 3.11 bits per heavy atom. The minimum Gasteiger partial charge on any atom is -0.316 e. The molecule has 0 spiro atoms. The molecule has 4 nitrogen and oxygen atoms in total. The molecule has 0 bridgehead atoms. The second kappa shape index (κ2) is 4.90. The molecule has 0 aliphatic carbocycles. The number of benzene rings is 1. The lowest BCUT2D eigenvalue weighted by molar-refractivity contribution is 0.337. The van der Waals surface area contributed by atoms with Gasteiger partial charge in [-0.1, -0.05) is 15.9 Å². The summed E-state index contributed by atoms with van der Waals surface area (Å²) >= 11 is 3.46. The zero-order valence-corrected chi connectivity index (χ0v) is 11.7. The summed E-state index contributed by atoms with van der Waals surface area (Å²) in [4.78, 5) is 14.9. The number of nitrogens with zero attached hydrogens (tertiary/aromatic N) is 1. The highest BCUT2D eigenvalue weighted by Gasteiger charge is 2.16. The molecule has 2 N–H and O–H groups in total. The van der Waals surface area contributed by atoms with Crippen LogP contribution in [0.1, 0.15) is 12.8 Å². The van der Waals surface area contributed by atoms with Gasteiger partial charge in [0.2, 0.25) is 0 Å². The van der Waals surface area contributed by atoms with Crippen molar-refractivity contribution in [1.29, 1.82) is 0 Å². The number of aromatic nitrogens is 2. The van der Waals surface area contributed by atoms with Crippen LogP contribution in [-0.2, 0) is 6.54 Å². The van der Waals surface area contributed by atoms with Crippen molar-refractivity contribution in [2.75, 3.05) is 13.1 Å². The number of aromatic amines is 1. The molecule has 1 aliphatic heterocycles. The monoisotopic (exact) mass is 309 g/mol. The summed E-state index contributed by atoms with van der Waals surface area (Å²) in [6.07, 6.45) is 2.39. The van der Waals surface area contributed by atoms with E-state index in [4.69, 9.17) is 0 Å². The van der Waals surface area contributed by atoms with Crippen molar-refractivity contribution < 1.29 is 0 Å². The van der Waals surface area contributed by atoms with Crippen molar-refractivity contribution in [2.24, 2.45) is 5.92 Å². The minimum atomic E-state index is -0.00586. The fourth-order valence-electron chi connectivity index (χ4n) is 2.65. The third kappa shape index (κ3) is 2.24. The van der Waals surface area contributed by atoms with Gasteiger partial charge in [-0.2, -0.15) is 0 Å². The lowest BCUT2D eigenvalue weighted by Gasteiger charge is -2.22. The van der Waals surface area contributed by atoms with Crippen LogP contribution < -0.4 is 11.0 Å². The smallest absolute Gasteiger partial charge is 0.316 e. The van der Waals surface area contributed by atoms with Crippen LogP contribution in [0.5, 0.6) is 0 Å². The number of halogens is 1. The zero-order valence-electron chi connectivity index (χ0n) is 10.1. The topological polar surface area (TPSA) is 49.8 Å². The maximum absolute atomic E-state index is 12.0. The highest BCUT2D eigenvalue weighted by Crippen LogP contribution is 2.19. The average Bonchev–Trinajstić information content (AvgIpc) is 2.67. The highest BCUT2D eigenvalue weighted by molar-refractivity contribution is 9.10. The summed E-state index contributed by atoms with van der Waals surface area (Å²) in [7, 11) is 0. The van der Waals surface area contributed by atoms with E-state index < -0.39 is 0 Å². The number of hydrogen-bond acceptors (Lipinski definition) is 2. The number of fused-ring (bicyclic) bond motifs is 1. The van der Waals surface area contributed by atoms with E-state index >= 15 is 0 Å². The number of rotatable bonds is 2. The maximum Gasteiger partial charge on any atom is 0.326 e. The second-order valence-electron chi connectivity index (χ2n) is 4.91. The summed E-state index contributed by atoms with van der Waals surface area (Å²) in [5.74, 6) is 0.550. The molecule has 1 aromatic heterocycles. The molecule has 0 saturated carbocycles. The van der Waals surface area contributed by atoms with Crippen LogP contribution >= 0.6 is 15.9 Å². The van der Waals surface area contributed by atoms with Crippen LogP contribution in [0.25, 0.3) is 11.0 Å². The minimum absolute atomic E-state index is 0.00586. The first-order valence-corrected chi connectivity index (χ1v) is 7.12. The Labute approximate surface area is 114 Å². The van der Waals surface area contributed by atoms with Crippen LogP contribution in [0.15, 0.2) is 27.5 Å². The summed E-state index contributed by atoms with van der Waals surface area (Å²) in [6, 6.07) is 5.89. The predicted molar refractivity (Wildman–Crippen MR) is 75.9 cm³/mol. The van der Waals surface area contributed by atoms with Gasteiger partial charge in [0.15, 0.2) is 0 Å². The molecule has 1 saturated heterocycles. The Morgan fingerprint density at radius 2 is 2.33 bits per heavy atom. The molecule has 3 rings (SSSR count). The van der Waals surface area contributed by atoms with E-state index in [1.165, 1.54) is 12.8 Å². The van der Waals surface area contributed by atoms with Gasteiger partial charge < -0.3 is 10.3 Å². The van der Waals surface area contributed by atoms with Gasteiger partial charge in [0.05, 0.1) is 11.0 Å². The third-order valence-electron chi connectivity index (χ3n) is 3.58. The number of nitrogens with one attached hydrogen (secondary N) is 2. The van der Waals surface area contributed by atoms with Crippen LogP contribution in [0.3, 0.4) is 0 Å². The molecule has 0 amide bonds. The molecule has 0 radical (unpaired) electrons. The van der Waals surface area contributed by atoms with E-state index in [1.54, 1.807) is 0 Å². The largest absolute Gasteiger partial charge is 0.326 e. The van der Waals surface area contributed by atoms with Crippen LogP contribution in [0, 0.1) is 5.92 Å². The molecule has 1 aromatic carbocycles. The molecular weight excluding hydrogens is 294 g/mol. The van der Waals surface area contributed by atoms with Gasteiger partial charge in [-0.05, 0) is 50.0 Å². The molecule has 1 unspecified atom stereocenters. The Kier molecular flexibility index (Phi) is 3.26. The van der Waals surface area contributed by atoms with E-state index in [0.717, 1.165) is 35.1 Å². The number of piperidine rings is 1. The number of imidazole rings is 1. The van der Waals surface area contributed by atoms with E-state index in [1.807, 2.05) is 22.8 Å². The fraction of sp³-hybridized carbons (Fsp3) is 0.462. The van der Waals surface area contributed by atoms with Crippen LogP contribution in [0.4, 0.5) is 0 Å². The Morgan fingerprint density at radius 1 is 1.44 bits per heavy atom. The van der Waals surface area contributed by atoms with Crippen molar-refractivity contribution in [3.8, 4) is 0 Å². The molecule has 1 aliphatic rings. The van der Waals surface area contributed by atoms with Gasteiger partial charge in [-0.15, -0.1) is 0 Å². The number of hydrogen-bond donors (Lipinski definition) is 2. The van der Waals surface area contributed by atoms with Gasteiger partial charge in [0, 0.05) is 11.0 Å². The normalized spacial score (nSPS) is 20.4. The molecular formula is C13H16BrN3O. The van der Waals surface area contributed by atoms with Crippen molar-refractivity contribution in [2.45, 2.75) is 19.4 Å². The van der Waals surface area contributed by atoms with Gasteiger partial charge in [-0.3, -0.25) is 4.57 Å². The van der Waals surface area contributed by atoms with Gasteiger partial charge >= 0.3 is 5.69 Å². The predicted octanol–water partition coefficient (Wildman–Crippen LogP) is 2.09. The Hall–Kier alpha value is -1.07. The fourth-order valence-corrected chi connectivity index (χ4v) is 2.99. The van der Waals surface area contributed by atoms with Crippen molar-refractivity contribution in [3.05, 3.63) is 33.2 Å². The van der Waals surface area contributed by atoms with Crippen LogP contribution in [0.2, 0.25) is 0 Å². The third-order valence-corrected chi connectivity index (χ3v) is 4.07. The molecule has 2 heterocycles. The standard InChI is InChI=1S/C13H16BrN3O/c14-10-3-4-11-12(6-10)17(13(18)16-11)8-9-2-1-5-15-7-9/h3-4,6,9,15H,1-2,5,7-8H2,(H,16,18). The molecule has 96 valence electrons. The van der Waals surface area contributed by atoms with Crippen LogP contribution in [-0.4, -0.2) is 22.6 Å².